The van der Waals surface area contributed by atoms with Crippen LogP contribution in [0.25, 0.3) is 0 Å². The fraction of sp³-hybridized carbons (Fsp3) is 0.692. The van der Waals surface area contributed by atoms with Crippen LogP contribution in [0.3, 0.4) is 0 Å². The number of rotatable bonds is 5. The number of allylic oxidation sites excluding steroid dienone is 1. The predicted molar refractivity (Wildman–Crippen MR) is 69.0 cm³/mol. The van der Waals surface area contributed by atoms with Crippen LogP contribution in [0.4, 0.5) is 4.79 Å². The van der Waals surface area contributed by atoms with Crippen molar-refractivity contribution in [3.63, 3.8) is 0 Å². The minimum atomic E-state index is -0.374. The summed E-state index contributed by atoms with van der Waals surface area (Å²) in [5.74, 6) is -0.374. The number of likely N-dealkylation sites (tertiary alicyclic amines) is 1. The van der Waals surface area contributed by atoms with Crippen LogP contribution >= 0.6 is 0 Å². The molecule has 0 aromatic carbocycles. The molecular formula is C13H22N2O3. The Morgan fingerprint density at radius 2 is 2.22 bits per heavy atom. The molecule has 1 fully saturated rings. The molecule has 0 unspecified atom stereocenters. The highest BCUT2D eigenvalue weighted by molar-refractivity contribution is 5.85. The van der Waals surface area contributed by atoms with Crippen molar-refractivity contribution in [3.8, 4) is 0 Å². The van der Waals surface area contributed by atoms with Gasteiger partial charge in [0, 0.05) is 24.9 Å². The molecule has 1 rings (SSSR count). The summed E-state index contributed by atoms with van der Waals surface area (Å²) in [7, 11) is 0. The van der Waals surface area contributed by atoms with Crippen molar-refractivity contribution in [1.29, 1.82) is 0 Å². The standard InChI is InChI=1S/C13H22N2O3/c1-3-5-8-14-13(17)15-9-6-7-11(15)10-12(16)18-4-2/h10H,3-9H2,1-2H3,(H,14,17)/b11-10+. The number of nitrogens with one attached hydrogen (secondary N) is 1. The van der Waals surface area contributed by atoms with Crippen LogP contribution in [0.1, 0.15) is 39.5 Å². The molecule has 5 nitrogen and oxygen atoms in total. The number of carbonyl (C=O) groups excluding carboxylic acids is 2. The summed E-state index contributed by atoms with van der Waals surface area (Å²) in [5.41, 5.74) is 0.752. The maximum Gasteiger partial charge on any atom is 0.332 e. The summed E-state index contributed by atoms with van der Waals surface area (Å²) in [4.78, 5) is 24.9. The van der Waals surface area contributed by atoms with Gasteiger partial charge < -0.3 is 10.1 Å². The first kappa shape index (κ1) is 14.5. The average molecular weight is 254 g/mol. The van der Waals surface area contributed by atoms with Crippen molar-refractivity contribution in [2.45, 2.75) is 39.5 Å². The zero-order valence-electron chi connectivity index (χ0n) is 11.2. The molecule has 1 saturated heterocycles. The zero-order valence-corrected chi connectivity index (χ0v) is 11.2. The van der Waals surface area contributed by atoms with Crippen molar-refractivity contribution in [2.75, 3.05) is 19.7 Å². The van der Waals surface area contributed by atoms with E-state index in [9.17, 15) is 9.59 Å². The molecule has 0 spiro atoms. The van der Waals surface area contributed by atoms with E-state index in [2.05, 4.69) is 12.2 Å². The number of hydrogen-bond donors (Lipinski definition) is 1. The number of amides is 2. The summed E-state index contributed by atoms with van der Waals surface area (Å²) >= 11 is 0. The highest BCUT2D eigenvalue weighted by Crippen LogP contribution is 2.20. The lowest BCUT2D eigenvalue weighted by molar-refractivity contribution is -0.137. The fourth-order valence-corrected chi connectivity index (χ4v) is 1.87. The molecule has 1 aliphatic heterocycles. The van der Waals surface area contributed by atoms with Gasteiger partial charge in [0.15, 0.2) is 0 Å². The lowest BCUT2D eigenvalue weighted by Crippen LogP contribution is -2.37. The maximum absolute atomic E-state index is 11.9. The van der Waals surface area contributed by atoms with E-state index in [0.717, 1.165) is 31.4 Å². The van der Waals surface area contributed by atoms with Crippen LogP contribution in [0.5, 0.6) is 0 Å². The highest BCUT2D eigenvalue weighted by atomic mass is 16.5. The molecule has 0 aromatic rings. The van der Waals surface area contributed by atoms with Crippen LogP contribution < -0.4 is 5.32 Å². The Balaban J connectivity index is 2.53. The lowest BCUT2D eigenvalue weighted by atomic mass is 10.3. The Morgan fingerprint density at radius 3 is 2.89 bits per heavy atom. The number of esters is 1. The van der Waals surface area contributed by atoms with Gasteiger partial charge in [-0.2, -0.15) is 0 Å². The molecule has 5 heteroatoms. The van der Waals surface area contributed by atoms with E-state index in [1.165, 1.54) is 6.08 Å². The number of urea groups is 1. The minimum absolute atomic E-state index is 0.114. The summed E-state index contributed by atoms with van der Waals surface area (Å²) in [6, 6.07) is -0.114. The van der Waals surface area contributed by atoms with Crippen LogP contribution in [0, 0.1) is 0 Å². The Morgan fingerprint density at radius 1 is 1.44 bits per heavy atom. The summed E-state index contributed by atoms with van der Waals surface area (Å²) in [6.45, 7) is 5.54. The largest absolute Gasteiger partial charge is 0.463 e. The summed E-state index contributed by atoms with van der Waals surface area (Å²) in [5, 5.41) is 2.85. The number of ether oxygens (including phenoxy) is 1. The summed E-state index contributed by atoms with van der Waals surface area (Å²) in [6.07, 6.45) is 5.09. The molecule has 1 aliphatic rings. The van der Waals surface area contributed by atoms with Gasteiger partial charge >= 0.3 is 12.0 Å². The molecule has 1 heterocycles. The molecule has 18 heavy (non-hydrogen) atoms. The molecule has 102 valence electrons. The van der Waals surface area contributed by atoms with Crippen molar-refractivity contribution in [3.05, 3.63) is 11.8 Å². The van der Waals surface area contributed by atoms with E-state index in [1.54, 1.807) is 11.8 Å². The molecular weight excluding hydrogens is 232 g/mol. The number of nitrogens with zero attached hydrogens (tertiary/aromatic N) is 1. The Hall–Kier alpha value is -1.52. The van der Waals surface area contributed by atoms with Crippen LogP contribution in [0.2, 0.25) is 0 Å². The van der Waals surface area contributed by atoms with E-state index < -0.39 is 0 Å². The second-order valence-electron chi connectivity index (χ2n) is 4.23. The molecule has 0 aliphatic carbocycles. The maximum atomic E-state index is 11.9. The van der Waals surface area contributed by atoms with E-state index in [0.29, 0.717) is 19.7 Å². The topological polar surface area (TPSA) is 58.6 Å². The van der Waals surface area contributed by atoms with Crippen molar-refractivity contribution >= 4 is 12.0 Å². The fourth-order valence-electron chi connectivity index (χ4n) is 1.87. The van der Waals surface area contributed by atoms with Gasteiger partial charge in [-0.1, -0.05) is 13.3 Å². The first-order valence-electron chi connectivity index (χ1n) is 6.61. The minimum Gasteiger partial charge on any atom is -0.463 e. The quantitative estimate of drug-likeness (QED) is 0.464. The van der Waals surface area contributed by atoms with Gasteiger partial charge in [0.05, 0.1) is 6.61 Å². The first-order valence-corrected chi connectivity index (χ1v) is 6.61. The molecule has 0 saturated carbocycles. The number of carbonyl (C=O) groups is 2. The molecule has 0 radical (unpaired) electrons. The van der Waals surface area contributed by atoms with Crippen LogP contribution in [-0.4, -0.2) is 36.6 Å². The lowest BCUT2D eigenvalue weighted by Gasteiger charge is -2.18. The zero-order chi connectivity index (χ0) is 13.4. The Labute approximate surface area is 108 Å². The molecule has 2 amide bonds. The van der Waals surface area contributed by atoms with Gasteiger partial charge in [-0.25, -0.2) is 9.59 Å². The molecule has 0 aromatic heterocycles. The van der Waals surface area contributed by atoms with Gasteiger partial charge in [0.2, 0.25) is 0 Å². The van der Waals surface area contributed by atoms with Crippen LogP contribution in [0.15, 0.2) is 11.8 Å². The van der Waals surface area contributed by atoms with Gasteiger partial charge in [0.1, 0.15) is 0 Å². The summed E-state index contributed by atoms with van der Waals surface area (Å²) < 4.78 is 4.86. The third kappa shape index (κ3) is 4.39. The Bertz CT molecular complexity index is 326. The van der Waals surface area contributed by atoms with E-state index in [1.807, 2.05) is 0 Å². The molecule has 0 bridgehead atoms. The van der Waals surface area contributed by atoms with Gasteiger partial charge in [-0.3, -0.25) is 4.90 Å². The van der Waals surface area contributed by atoms with Crippen LogP contribution in [-0.2, 0) is 9.53 Å². The van der Waals surface area contributed by atoms with Crippen molar-refractivity contribution < 1.29 is 14.3 Å². The third-order valence-corrected chi connectivity index (χ3v) is 2.78. The number of hydrogen-bond acceptors (Lipinski definition) is 3. The van der Waals surface area contributed by atoms with E-state index in [4.69, 9.17) is 4.74 Å². The highest BCUT2D eigenvalue weighted by Gasteiger charge is 2.23. The SMILES string of the molecule is CCCCNC(=O)N1CCC/C1=C\C(=O)OCC. The van der Waals surface area contributed by atoms with E-state index in [-0.39, 0.29) is 12.0 Å². The van der Waals surface area contributed by atoms with Gasteiger partial charge in [-0.15, -0.1) is 0 Å². The van der Waals surface area contributed by atoms with E-state index >= 15 is 0 Å². The third-order valence-electron chi connectivity index (χ3n) is 2.78. The van der Waals surface area contributed by atoms with Gasteiger partial charge in [-0.05, 0) is 26.2 Å². The first-order chi connectivity index (χ1) is 8.69. The second-order valence-corrected chi connectivity index (χ2v) is 4.23. The average Bonchev–Trinajstić information content (AvgIpc) is 2.77. The smallest absolute Gasteiger partial charge is 0.332 e. The monoisotopic (exact) mass is 254 g/mol. The van der Waals surface area contributed by atoms with Gasteiger partial charge in [0.25, 0.3) is 0 Å². The number of unbranched alkanes of at least 4 members (excludes halogenated alkanes) is 1. The molecule has 0 atom stereocenters. The second kappa shape index (κ2) is 7.74. The van der Waals surface area contributed by atoms with Crippen molar-refractivity contribution in [2.24, 2.45) is 0 Å². The normalized spacial score (nSPS) is 17.0. The van der Waals surface area contributed by atoms with Crippen molar-refractivity contribution in [1.82, 2.24) is 10.2 Å². The Kier molecular flexibility index (Phi) is 6.25. The molecule has 1 N–H and O–H groups in total. The predicted octanol–water partition coefficient (Wildman–Crippen LogP) is 2.04.